The molecule has 0 saturated carbocycles. The van der Waals surface area contributed by atoms with Crippen LogP contribution in [0.4, 0.5) is 0 Å². The van der Waals surface area contributed by atoms with Crippen molar-refractivity contribution in [2.45, 2.75) is 19.9 Å². The predicted octanol–water partition coefficient (Wildman–Crippen LogP) is 3.84. The van der Waals surface area contributed by atoms with E-state index in [2.05, 4.69) is 23.9 Å². The number of carbonyl (C=O) groups excluding carboxylic acids is 2. The van der Waals surface area contributed by atoms with Gasteiger partial charge in [-0.15, -0.1) is 11.3 Å². The molecule has 0 aliphatic rings. The van der Waals surface area contributed by atoms with Gasteiger partial charge in [-0.2, -0.15) is 0 Å². The van der Waals surface area contributed by atoms with Gasteiger partial charge in [-0.05, 0) is 41.1 Å². The van der Waals surface area contributed by atoms with Crippen molar-refractivity contribution in [3.8, 4) is 11.5 Å². The van der Waals surface area contributed by atoms with Crippen LogP contribution in [0.2, 0.25) is 0 Å². The molecule has 0 aliphatic heterocycles. The van der Waals surface area contributed by atoms with Crippen molar-refractivity contribution in [2.75, 3.05) is 20.8 Å². The molecule has 1 aromatic heterocycles. The number of benzene rings is 1. The lowest BCUT2D eigenvalue weighted by Gasteiger charge is -2.21. The number of ether oxygens (including phenoxy) is 3. The fraction of sp³-hybridized carbons (Fsp3) is 0.333. The summed E-state index contributed by atoms with van der Waals surface area (Å²) < 4.78 is 15.5. The second kappa shape index (κ2) is 10.5. The molecule has 1 N–H and O–H groups in total. The van der Waals surface area contributed by atoms with E-state index in [9.17, 15) is 9.59 Å². The van der Waals surface area contributed by atoms with E-state index in [1.165, 1.54) is 20.3 Å². The van der Waals surface area contributed by atoms with Crippen LogP contribution in [0, 0.1) is 5.92 Å². The molecule has 2 rings (SSSR count). The van der Waals surface area contributed by atoms with E-state index < -0.39 is 5.97 Å². The molecule has 150 valence electrons. The van der Waals surface area contributed by atoms with E-state index >= 15 is 0 Å². The molecule has 0 spiro atoms. The summed E-state index contributed by atoms with van der Waals surface area (Å²) in [4.78, 5) is 24.7. The number of thiophene rings is 1. The van der Waals surface area contributed by atoms with Crippen molar-refractivity contribution in [2.24, 2.45) is 5.92 Å². The van der Waals surface area contributed by atoms with E-state index in [1.54, 1.807) is 35.6 Å². The third kappa shape index (κ3) is 6.13. The summed E-state index contributed by atoms with van der Waals surface area (Å²) in [6.45, 7) is 4.01. The second-order valence-corrected chi connectivity index (χ2v) is 7.34. The van der Waals surface area contributed by atoms with Gasteiger partial charge in [0.15, 0.2) is 18.1 Å². The monoisotopic (exact) mass is 403 g/mol. The number of nitrogens with one attached hydrogen (secondary N) is 1. The Balaban J connectivity index is 2.00. The Labute approximate surface area is 169 Å². The van der Waals surface area contributed by atoms with Crippen LogP contribution in [-0.4, -0.2) is 32.7 Å². The first kappa shape index (κ1) is 21.5. The lowest BCUT2D eigenvalue weighted by Crippen LogP contribution is -2.34. The Morgan fingerprint density at radius 1 is 1.18 bits per heavy atom. The van der Waals surface area contributed by atoms with Crippen molar-refractivity contribution in [1.82, 2.24) is 5.32 Å². The molecule has 28 heavy (non-hydrogen) atoms. The summed E-state index contributed by atoms with van der Waals surface area (Å²) in [5, 5.41) is 5.01. The number of rotatable bonds is 9. The Kier molecular flexibility index (Phi) is 8.07. The summed E-state index contributed by atoms with van der Waals surface area (Å²) >= 11 is 1.62. The van der Waals surface area contributed by atoms with Gasteiger partial charge in [0, 0.05) is 11.0 Å². The molecule has 6 nitrogen and oxygen atoms in total. The van der Waals surface area contributed by atoms with Crippen LogP contribution >= 0.6 is 11.3 Å². The fourth-order valence-corrected chi connectivity index (χ4v) is 3.48. The standard InChI is InChI=1S/C21H25NO5S/c1-14(2)21(18-6-5-11-28-18)22-19(23)13-27-16-9-7-15(12-17(16)25-3)8-10-20(24)26-4/h5-12,14,21H,13H2,1-4H3,(H,22,23)/b10-8+. The smallest absolute Gasteiger partial charge is 0.330 e. The zero-order chi connectivity index (χ0) is 20.5. The molecule has 2 aromatic rings. The molecule has 1 heterocycles. The molecular weight excluding hydrogens is 378 g/mol. The van der Waals surface area contributed by atoms with Gasteiger partial charge in [0.25, 0.3) is 5.91 Å². The Hall–Kier alpha value is -2.80. The predicted molar refractivity (Wildman–Crippen MR) is 110 cm³/mol. The van der Waals surface area contributed by atoms with Crippen LogP contribution in [0.15, 0.2) is 41.8 Å². The highest BCUT2D eigenvalue weighted by atomic mass is 32.1. The van der Waals surface area contributed by atoms with Crippen molar-refractivity contribution >= 4 is 29.3 Å². The highest BCUT2D eigenvalue weighted by Crippen LogP contribution is 2.29. The van der Waals surface area contributed by atoms with E-state index in [4.69, 9.17) is 9.47 Å². The average Bonchev–Trinajstić information content (AvgIpc) is 3.22. The summed E-state index contributed by atoms with van der Waals surface area (Å²) in [6.07, 6.45) is 2.93. The van der Waals surface area contributed by atoms with Gasteiger partial charge in [0.05, 0.1) is 20.3 Å². The lowest BCUT2D eigenvalue weighted by molar-refractivity contribution is -0.134. The fourth-order valence-electron chi connectivity index (χ4n) is 2.53. The van der Waals surface area contributed by atoms with Crippen molar-refractivity contribution in [3.63, 3.8) is 0 Å². The Morgan fingerprint density at radius 2 is 1.96 bits per heavy atom. The highest BCUT2D eigenvalue weighted by Gasteiger charge is 2.19. The maximum Gasteiger partial charge on any atom is 0.330 e. The second-order valence-electron chi connectivity index (χ2n) is 6.36. The van der Waals surface area contributed by atoms with Crippen LogP contribution < -0.4 is 14.8 Å². The van der Waals surface area contributed by atoms with E-state index in [0.29, 0.717) is 11.5 Å². The van der Waals surface area contributed by atoms with E-state index in [1.807, 2.05) is 17.5 Å². The average molecular weight is 404 g/mol. The van der Waals surface area contributed by atoms with Crippen LogP contribution in [-0.2, 0) is 14.3 Å². The van der Waals surface area contributed by atoms with Gasteiger partial charge in [0.1, 0.15) is 0 Å². The van der Waals surface area contributed by atoms with Crippen molar-refractivity contribution in [3.05, 3.63) is 52.2 Å². The Morgan fingerprint density at radius 3 is 2.57 bits per heavy atom. The molecule has 0 saturated heterocycles. The third-order valence-corrected chi connectivity index (χ3v) is 4.95. The molecule has 1 unspecified atom stereocenters. The first-order chi connectivity index (χ1) is 13.4. The van der Waals surface area contributed by atoms with E-state index in [-0.39, 0.29) is 24.5 Å². The summed E-state index contributed by atoms with van der Waals surface area (Å²) in [6, 6.07) is 9.11. The zero-order valence-corrected chi connectivity index (χ0v) is 17.2. The van der Waals surface area contributed by atoms with Crippen LogP contribution in [0.5, 0.6) is 11.5 Å². The quantitative estimate of drug-likeness (QED) is 0.509. The third-order valence-electron chi connectivity index (χ3n) is 3.99. The van der Waals surface area contributed by atoms with Gasteiger partial charge in [-0.25, -0.2) is 4.79 Å². The minimum absolute atomic E-state index is 0.0520. The van der Waals surface area contributed by atoms with Gasteiger partial charge in [-0.1, -0.05) is 26.0 Å². The Bertz CT molecular complexity index is 814. The maximum absolute atomic E-state index is 12.4. The highest BCUT2D eigenvalue weighted by molar-refractivity contribution is 7.10. The number of methoxy groups -OCH3 is 2. The molecule has 7 heteroatoms. The first-order valence-corrected chi connectivity index (χ1v) is 9.72. The maximum atomic E-state index is 12.4. The summed E-state index contributed by atoms with van der Waals surface area (Å²) in [5.41, 5.74) is 0.747. The van der Waals surface area contributed by atoms with Gasteiger partial charge < -0.3 is 19.5 Å². The lowest BCUT2D eigenvalue weighted by atomic mass is 10.0. The normalized spacial score (nSPS) is 12.0. The number of carbonyl (C=O) groups is 2. The number of amides is 1. The molecule has 1 atom stereocenters. The van der Waals surface area contributed by atoms with Crippen molar-refractivity contribution < 1.29 is 23.8 Å². The van der Waals surface area contributed by atoms with Gasteiger partial charge >= 0.3 is 5.97 Å². The SMILES string of the molecule is COC(=O)/C=C/c1ccc(OCC(=O)NC(c2cccs2)C(C)C)c(OC)c1. The molecule has 0 aliphatic carbocycles. The molecule has 1 aromatic carbocycles. The topological polar surface area (TPSA) is 73.9 Å². The number of esters is 1. The van der Waals surface area contributed by atoms with Gasteiger partial charge in [0.2, 0.25) is 0 Å². The molecule has 0 fully saturated rings. The minimum Gasteiger partial charge on any atom is -0.493 e. The minimum atomic E-state index is -0.443. The van der Waals surface area contributed by atoms with Crippen LogP contribution in [0.25, 0.3) is 6.08 Å². The molecule has 0 bridgehead atoms. The zero-order valence-electron chi connectivity index (χ0n) is 16.4. The summed E-state index contributed by atoms with van der Waals surface area (Å²) in [7, 11) is 2.83. The largest absolute Gasteiger partial charge is 0.493 e. The molecule has 0 radical (unpaired) electrons. The summed E-state index contributed by atoms with van der Waals surface area (Å²) in [5.74, 6) is 0.534. The van der Waals surface area contributed by atoms with Gasteiger partial charge in [-0.3, -0.25) is 4.79 Å². The number of hydrogen-bond acceptors (Lipinski definition) is 6. The molecular formula is C21H25NO5S. The van der Waals surface area contributed by atoms with Crippen LogP contribution in [0.3, 0.4) is 0 Å². The number of hydrogen-bond donors (Lipinski definition) is 1. The van der Waals surface area contributed by atoms with E-state index in [0.717, 1.165) is 10.4 Å². The van der Waals surface area contributed by atoms with Crippen molar-refractivity contribution in [1.29, 1.82) is 0 Å². The van der Waals surface area contributed by atoms with Crippen LogP contribution in [0.1, 0.15) is 30.3 Å². The first-order valence-electron chi connectivity index (χ1n) is 8.84. The molecule has 1 amide bonds.